The van der Waals surface area contributed by atoms with Crippen LogP contribution in [0.1, 0.15) is 52.9 Å². The van der Waals surface area contributed by atoms with Gasteiger partial charge < -0.3 is 38.3 Å². The molecule has 0 spiro atoms. The molecule has 10 N–H and O–H groups in total. The molecule has 4 unspecified atom stereocenters. The van der Waals surface area contributed by atoms with Crippen LogP contribution in [0.4, 0.5) is 0 Å². The van der Waals surface area contributed by atoms with E-state index in [2.05, 4.69) is 16.0 Å². The number of primary amides is 1. The number of carbonyl (C=O) groups excluding carboxylic acids is 4. The highest BCUT2D eigenvalue weighted by Crippen LogP contribution is 2.06. The molecule has 0 aliphatic carbocycles. The zero-order valence-electron chi connectivity index (χ0n) is 18.3. The van der Waals surface area contributed by atoms with E-state index in [0.717, 1.165) is 0 Å². The quantitative estimate of drug-likeness (QED) is 0.139. The first kappa shape index (κ1) is 28.3. The number of hydrogen-bond donors (Lipinski definition) is 7. The number of aliphatic carboxylic acids is 1. The van der Waals surface area contributed by atoms with Crippen molar-refractivity contribution in [1.82, 2.24) is 16.0 Å². The van der Waals surface area contributed by atoms with E-state index < -0.39 is 60.2 Å². The molecule has 0 aliphatic rings. The summed E-state index contributed by atoms with van der Waals surface area (Å²) in [4.78, 5) is 59.8. The molecular formula is C19H36N6O6. The van der Waals surface area contributed by atoms with Crippen LogP contribution in [0.5, 0.6) is 0 Å². The lowest BCUT2D eigenvalue weighted by Gasteiger charge is -2.24. The monoisotopic (exact) mass is 444 g/mol. The number of nitrogens with two attached hydrogens (primary N) is 3. The Bertz CT molecular complexity index is 641. The lowest BCUT2D eigenvalue weighted by molar-refractivity contribution is -0.142. The van der Waals surface area contributed by atoms with E-state index in [1.54, 1.807) is 0 Å². The third kappa shape index (κ3) is 11.9. The number of unbranched alkanes of at least 4 members (excludes halogenated alkanes) is 1. The molecule has 0 aliphatic heterocycles. The number of carboxylic acids is 1. The molecule has 12 nitrogen and oxygen atoms in total. The second-order valence-electron chi connectivity index (χ2n) is 7.88. The van der Waals surface area contributed by atoms with E-state index in [1.807, 2.05) is 13.8 Å². The standard InChI is InChI=1S/C19H36N6O6/c1-10(2)8-12(21)16(27)24-13(6-4-5-7-20)17(28)25-14(9-15(22)26)18(29)23-11(3)19(30)31/h10-14H,4-9,20-21H2,1-3H3,(H2,22,26)(H,23,29)(H,24,27)(H,25,28)(H,30,31). The van der Waals surface area contributed by atoms with Crippen molar-refractivity contribution in [2.24, 2.45) is 23.1 Å². The van der Waals surface area contributed by atoms with E-state index in [-0.39, 0.29) is 12.3 Å². The summed E-state index contributed by atoms with van der Waals surface area (Å²) >= 11 is 0. The van der Waals surface area contributed by atoms with Gasteiger partial charge in [-0.25, -0.2) is 0 Å². The maximum atomic E-state index is 12.8. The van der Waals surface area contributed by atoms with Crippen LogP contribution in [0.25, 0.3) is 0 Å². The summed E-state index contributed by atoms with van der Waals surface area (Å²) in [5, 5.41) is 16.1. The average molecular weight is 445 g/mol. The highest BCUT2D eigenvalue weighted by molar-refractivity contribution is 5.96. The summed E-state index contributed by atoms with van der Waals surface area (Å²) < 4.78 is 0. The summed E-state index contributed by atoms with van der Waals surface area (Å²) in [6.45, 7) is 5.44. The molecule has 0 bridgehead atoms. The van der Waals surface area contributed by atoms with Gasteiger partial charge in [0.25, 0.3) is 0 Å². The zero-order valence-corrected chi connectivity index (χ0v) is 18.3. The van der Waals surface area contributed by atoms with E-state index >= 15 is 0 Å². The van der Waals surface area contributed by atoms with Crippen molar-refractivity contribution >= 4 is 29.6 Å². The van der Waals surface area contributed by atoms with Crippen molar-refractivity contribution in [3.8, 4) is 0 Å². The third-order valence-corrected chi connectivity index (χ3v) is 4.41. The van der Waals surface area contributed by atoms with Gasteiger partial charge in [-0.1, -0.05) is 13.8 Å². The largest absolute Gasteiger partial charge is 0.480 e. The van der Waals surface area contributed by atoms with Gasteiger partial charge in [0.05, 0.1) is 12.5 Å². The van der Waals surface area contributed by atoms with Gasteiger partial charge in [-0.2, -0.15) is 0 Å². The Balaban J connectivity index is 5.36. The predicted molar refractivity (Wildman–Crippen MR) is 113 cm³/mol. The topological polar surface area (TPSA) is 220 Å². The first-order chi connectivity index (χ1) is 14.4. The Kier molecular flexibility index (Phi) is 13.0. The van der Waals surface area contributed by atoms with Gasteiger partial charge in [-0.05, 0) is 45.1 Å². The molecule has 0 saturated heterocycles. The first-order valence-electron chi connectivity index (χ1n) is 10.3. The number of amides is 4. The number of nitrogens with one attached hydrogen (secondary N) is 3. The molecule has 0 heterocycles. The summed E-state index contributed by atoms with van der Waals surface area (Å²) in [6.07, 6.45) is 1.25. The summed E-state index contributed by atoms with van der Waals surface area (Å²) in [5.41, 5.74) is 16.5. The van der Waals surface area contributed by atoms with Crippen LogP contribution in [0.15, 0.2) is 0 Å². The minimum absolute atomic E-state index is 0.171. The maximum Gasteiger partial charge on any atom is 0.325 e. The van der Waals surface area contributed by atoms with E-state index in [0.29, 0.717) is 25.8 Å². The average Bonchev–Trinajstić information content (AvgIpc) is 2.65. The smallest absolute Gasteiger partial charge is 0.325 e. The molecule has 0 rings (SSSR count). The van der Waals surface area contributed by atoms with Gasteiger partial charge in [-0.15, -0.1) is 0 Å². The SMILES string of the molecule is CC(C)CC(N)C(=O)NC(CCCCN)C(=O)NC(CC(N)=O)C(=O)NC(C)C(=O)O. The normalized spacial score (nSPS) is 14.8. The number of carboxylic acid groups (broad SMARTS) is 1. The lowest BCUT2D eigenvalue weighted by atomic mass is 10.0. The molecule has 0 aromatic carbocycles. The molecule has 31 heavy (non-hydrogen) atoms. The van der Waals surface area contributed by atoms with Crippen LogP contribution in [-0.2, 0) is 24.0 Å². The molecule has 0 radical (unpaired) electrons. The Morgan fingerprint density at radius 3 is 1.90 bits per heavy atom. The summed E-state index contributed by atoms with van der Waals surface area (Å²) in [5.74, 6) is -4.10. The van der Waals surface area contributed by atoms with Gasteiger partial charge in [0.15, 0.2) is 0 Å². The van der Waals surface area contributed by atoms with Crippen LogP contribution in [0, 0.1) is 5.92 Å². The summed E-state index contributed by atoms with van der Waals surface area (Å²) in [7, 11) is 0. The fourth-order valence-corrected chi connectivity index (χ4v) is 2.71. The maximum absolute atomic E-state index is 12.8. The van der Waals surface area contributed by atoms with Crippen molar-refractivity contribution in [3.05, 3.63) is 0 Å². The van der Waals surface area contributed by atoms with Crippen LogP contribution < -0.4 is 33.2 Å². The molecule has 0 aromatic heterocycles. The van der Waals surface area contributed by atoms with Gasteiger partial charge in [-0.3, -0.25) is 24.0 Å². The molecule has 0 fully saturated rings. The van der Waals surface area contributed by atoms with E-state index in [4.69, 9.17) is 22.3 Å². The molecule has 4 amide bonds. The first-order valence-corrected chi connectivity index (χ1v) is 10.3. The Hall–Kier alpha value is -2.73. The molecular weight excluding hydrogens is 408 g/mol. The highest BCUT2D eigenvalue weighted by atomic mass is 16.4. The number of rotatable bonds is 15. The molecule has 0 saturated carbocycles. The zero-order chi connectivity index (χ0) is 24.1. The van der Waals surface area contributed by atoms with Crippen molar-refractivity contribution < 1.29 is 29.1 Å². The van der Waals surface area contributed by atoms with Crippen LogP contribution >= 0.6 is 0 Å². The number of hydrogen-bond acceptors (Lipinski definition) is 7. The van der Waals surface area contributed by atoms with Crippen LogP contribution in [0.2, 0.25) is 0 Å². The highest BCUT2D eigenvalue weighted by Gasteiger charge is 2.30. The Morgan fingerprint density at radius 2 is 1.42 bits per heavy atom. The van der Waals surface area contributed by atoms with Crippen molar-refractivity contribution in [3.63, 3.8) is 0 Å². The number of carbonyl (C=O) groups is 5. The van der Waals surface area contributed by atoms with Crippen LogP contribution in [-0.4, -0.2) is 65.4 Å². The van der Waals surface area contributed by atoms with Crippen LogP contribution in [0.3, 0.4) is 0 Å². The van der Waals surface area contributed by atoms with E-state index in [9.17, 15) is 24.0 Å². The summed E-state index contributed by atoms with van der Waals surface area (Å²) in [6, 6.07) is -4.47. The minimum Gasteiger partial charge on any atom is -0.480 e. The predicted octanol–water partition coefficient (Wildman–Crippen LogP) is -2.08. The van der Waals surface area contributed by atoms with Gasteiger partial charge in [0.1, 0.15) is 18.1 Å². The van der Waals surface area contributed by atoms with Gasteiger partial charge >= 0.3 is 5.97 Å². The van der Waals surface area contributed by atoms with Gasteiger partial charge in [0, 0.05) is 0 Å². The van der Waals surface area contributed by atoms with Gasteiger partial charge in [0.2, 0.25) is 23.6 Å². The minimum atomic E-state index is -1.40. The second kappa shape index (κ2) is 14.3. The van der Waals surface area contributed by atoms with E-state index in [1.165, 1.54) is 6.92 Å². The van der Waals surface area contributed by atoms with Crippen molar-refractivity contribution in [1.29, 1.82) is 0 Å². The molecule has 4 atom stereocenters. The second-order valence-corrected chi connectivity index (χ2v) is 7.88. The molecule has 12 heteroatoms. The Labute approximate surface area is 182 Å². The third-order valence-electron chi connectivity index (χ3n) is 4.41. The van der Waals surface area contributed by atoms with Crippen molar-refractivity contribution in [2.45, 2.75) is 77.0 Å². The lowest BCUT2D eigenvalue weighted by Crippen LogP contribution is -2.57. The van der Waals surface area contributed by atoms with Crippen molar-refractivity contribution in [2.75, 3.05) is 6.54 Å². The molecule has 178 valence electrons. The fourth-order valence-electron chi connectivity index (χ4n) is 2.71. The molecule has 0 aromatic rings. The fraction of sp³-hybridized carbons (Fsp3) is 0.737. The Morgan fingerprint density at radius 1 is 0.871 bits per heavy atom.